The van der Waals surface area contributed by atoms with Crippen LogP contribution in [0.25, 0.3) is 0 Å². The van der Waals surface area contributed by atoms with Gasteiger partial charge in [-0.15, -0.1) is 0 Å². The summed E-state index contributed by atoms with van der Waals surface area (Å²) in [5.74, 6) is 9.72. The topological polar surface area (TPSA) is 63.8 Å². The maximum absolute atomic E-state index is 5.67. The summed E-state index contributed by atoms with van der Waals surface area (Å²) in [5.41, 5.74) is 5.02. The minimum Gasteiger partial charge on any atom is -0.308 e. The Hall–Kier alpha value is -1.16. The number of nitrogens with two attached hydrogens (primary N) is 1. The minimum absolute atomic E-state index is 0.564. The van der Waals surface area contributed by atoms with E-state index in [2.05, 4.69) is 19.3 Å². The molecule has 3 N–H and O–H groups in total. The summed E-state index contributed by atoms with van der Waals surface area (Å²) in [5, 5.41) is 0. The smallest absolute Gasteiger partial charge is 0.147 e. The van der Waals surface area contributed by atoms with Crippen molar-refractivity contribution in [3.8, 4) is 0 Å². The van der Waals surface area contributed by atoms with E-state index in [0.717, 1.165) is 41.2 Å². The van der Waals surface area contributed by atoms with E-state index in [0.29, 0.717) is 5.92 Å². The zero-order valence-corrected chi connectivity index (χ0v) is 12.7. The van der Waals surface area contributed by atoms with Crippen LogP contribution in [0, 0.1) is 18.8 Å². The maximum atomic E-state index is 5.67. The van der Waals surface area contributed by atoms with E-state index in [4.69, 9.17) is 15.8 Å². The van der Waals surface area contributed by atoms with Crippen LogP contribution in [0.5, 0.6) is 0 Å². The van der Waals surface area contributed by atoms with Crippen molar-refractivity contribution in [2.75, 3.05) is 5.43 Å². The molecule has 110 valence electrons. The molecule has 4 nitrogen and oxygen atoms in total. The monoisotopic (exact) mass is 274 g/mol. The molecule has 20 heavy (non-hydrogen) atoms. The molecule has 0 aliphatic heterocycles. The molecule has 2 aliphatic carbocycles. The molecule has 1 aromatic heterocycles. The number of aromatic nitrogens is 2. The fourth-order valence-corrected chi connectivity index (χ4v) is 3.71. The number of anilines is 1. The Kier molecular flexibility index (Phi) is 3.92. The molecule has 3 rings (SSSR count). The summed E-state index contributed by atoms with van der Waals surface area (Å²) in [4.78, 5) is 9.63. The van der Waals surface area contributed by atoms with Gasteiger partial charge in [-0.2, -0.15) is 0 Å². The van der Waals surface area contributed by atoms with E-state index in [1.165, 1.54) is 38.5 Å². The third kappa shape index (κ3) is 2.30. The Morgan fingerprint density at radius 2 is 1.75 bits per heavy atom. The Bertz CT molecular complexity index is 464. The summed E-state index contributed by atoms with van der Waals surface area (Å²) in [6.07, 6.45) is 9.08. The maximum Gasteiger partial charge on any atom is 0.147 e. The molecule has 4 heteroatoms. The van der Waals surface area contributed by atoms with E-state index in [9.17, 15) is 0 Å². The highest BCUT2D eigenvalue weighted by Gasteiger charge is 2.39. The predicted octanol–water partition coefficient (Wildman–Crippen LogP) is 3.32. The van der Waals surface area contributed by atoms with Crippen molar-refractivity contribution in [1.29, 1.82) is 0 Å². The first-order chi connectivity index (χ1) is 9.74. The van der Waals surface area contributed by atoms with Crippen LogP contribution in [0.15, 0.2) is 0 Å². The van der Waals surface area contributed by atoms with Crippen molar-refractivity contribution in [2.24, 2.45) is 17.7 Å². The van der Waals surface area contributed by atoms with Gasteiger partial charge in [0.1, 0.15) is 11.6 Å². The van der Waals surface area contributed by atoms with Gasteiger partial charge < -0.3 is 5.43 Å². The molecular weight excluding hydrogens is 248 g/mol. The van der Waals surface area contributed by atoms with Gasteiger partial charge in [-0.05, 0) is 50.9 Å². The second-order valence-electron chi connectivity index (χ2n) is 6.40. The molecule has 0 amide bonds. The summed E-state index contributed by atoms with van der Waals surface area (Å²) in [6.45, 7) is 4.21. The highest BCUT2D eigenvalue weighted by molar-refractivity contribution is 5.45. The number of hydrazine groups is 1. The molecule has 0 aromatic carbocycles. The van der Waals surface area contributed by atoms with Crippen molar-refractivity contribution in [3.05, 3.63) is 17.1 Å². The first kappa shape index (κ1) is 13.8. The van der Waals surface area contributed by atoms with E-state index in [-0.39, 0.29) is 0 Å². The van der Waals surface area contributed by atoms with Gasteiger partial charge in [0.2, 0.25) is 0 Å². The Morgan fingerprint density at radius 1 is 1.15 bits per heavy atom. The molecule has 0 saturated heterocycles. The number of hydrogen-bond acceptors (Lipinski definition) is 4. The van der Waals surface area contributed by atoms with Gasteiger partial charge in [0.05, 0.1) is 0 Å². The molecule has 0 spiro atoms. The van der Waals surface area contributed by atoms with E-state index < -0.39 is 0 Å². The standard InChI is InChI=1S/C16H26N4/c1-3-13-10(2)18-16(19-15(13)20-17)14(11-6-4-7-11)12-8-5-9-12/h11-12,14H,3-9,17H2,1-2H3,(H,18,19,20). The molecule has 2 aliphatic rings. The molecule has 0 bridgehead atoms. The fourth-order valence-electron chi connectivity index (χ4n) is 3.71. The number of nitrogen functional groups attached to an aromatic ring is 1. The summed E-state index contributed by atoms with van der Waals surface area (Å²) in [7, 11) is 0. The zero-order valence-electron chi connectivity index (χ0n) is 12.7. The molecule has 2 saturated carbocycles. The lowest BCUT2D eigenvalue weighted by molar-refractivity contribution is 0.143. The second kappa shape index (κ2) is 5.68. The Morgan fingerprint density at radius 3 is 2.15 bits per heavy atom. The van der Waals surface area contributed by atoms with Crippen LogP contribution >= 0.6 is 0 Å². The normalized spacial score (nSPS) is 19.8. The molecule has 2 fully saturated rings. The van der Waals surface area contributed by atoms with Crippen LogP contribution < -0.4 is 11.3 Å². The van der Waals surface area contributed by atoms with Gasteiger partial charge in [-0.3, -0.25) is 0 Å². The lowest BCUT2D eigenvalue weighted by atomic mass is 9.64. The molecule has 0 atom stereocenters. The Labute approximate surface area is 121 Å². The number of nitrogens with one attached hydrogen (secondary N) is 1. The van der Waals surface area contributed by atoms with Crippen LogP contribution in [0.3, 0.4) is 0 Å². The summed E-state index contributed by atoms with van der Waals surface area (Å²) in [6, 6.07) is 0. The van der Waals surface area contributed by atoms with E-state index in [1.54, 1.807) is 0 Å². The molecular formula is C16H26N4. The van der Waals surface area contributed by atoms with Gasteiger partial charge in [0, 0.05) is 17.2 Å². The predicted molar refractivity (Wildman–Crippen MR) is 81.4 cm³/mol. The van der Waals surface area contributed by atoms with Crippen LogP contribution in [-0.4, -0.2) is 9.97 Å². The minimum atomic E-state index is 0.564. The molecule has 0 unspecified atom stereocenters. The van der Waals surface area contributed by atoms with E-state index >= 15 is 0 Å². The van der Waals surface area contributed by atoms with Gasteiger partial charge in [0.15, 0.2) is 0 Å². The van der Waals surface area contributed by atoms with E-state index in [1.807, 2.05) is 0 Å². The average molecular weight is 274 g/mol. The second-order valence-corrected chi connectivity index (χ2v) is 6.40. The van der Waals surface area contributed by atoms with Crippen molar-refractivity contribution >= 4 is 5.82 Å². The van der Waals surface area contributed by atoms with Gasteiger partial charge in [-0.1, -0.05) is 19.8 Å². The van der Waals surface area contributed by atoms with Crippen LogP contribution in [0.1, 0.15) is 68.4 Å². The quantitative estimate of drug-likeness (QED) is 0.638. The van der Waals surface area contributed by atoms with Crippen LogP contribution in [0.2, 0.25) is 0 Å². The van der Waals surface area contributed by atoms with Crippen molar-refractivity contribution in [3.63, 3.8) is 0 Å². The average Bonchev–Trinajstić information content (AvgIpc) is 2.32. The van der Waals surface area contributed by atoms with Gasteiger partial charge >= 0.3 is 0 Å². The first-order valence-corrected chi connectivity index (χ1v) is 8.08. The number of rotatable bonds is 5. The molecule has 1 aromatic rings. The molecule has 0 radical (unpaired) electrons. The highest BCUT2D eigenvalue weighted by atomic mass is 15.3. The number of nitrogens with zero attached hydrogens (tertiary/aromatic N) is 2. The van der Waals surface area contributed by atoms with Crippen molar-refractivity contribution < 1.29 is 0 Å². The van der Waals surface area contributed by atoms with Gasteiger partial charge in [0.25, 0.3) is 0 Å². The largest absolute Gasteiger partial charge is 0.308 e. The summed E-state index contributed by atoms with van der Waals surface area (Å²) < 4.78 is 0. The highest BCUT2D eigenvalue weighted by Crippen LogP contribution is 2.49. The SMILES string of the molecule is CCc1c(C)nc(C(C2CCC2)C2CCC2)nc1NN. The number of hydrogen-bond donors (Lipinski definition) is 2. The third-order valence-corrected chi connectivity index (χ3v) is 5.33. The summed E-state index contributed by atoms with van der Waals surface area (Å²) >= 11 is 0. The van der Waals surface area contributed by atoms with Crippen molar-refractivity contribution in [1.82, 2.24) is 9.97 Å². The van der Waals surface area contributed by atoms with Crippen molar-refractivity contribution in [2.45, 2.75) is 64.7 Å². The third-order valence-electron chi connectivity index (χ3n) is 5.33. The number of aryl methyl sites for hydroxylation is 1. The van der Waals surface area contributed by atoms with Gasteiger partial charge in [-0.25, -0.2) is 15.8 Å². The zero-order chi connectivity index (χ0) is 14.1. The first-order valence-electron chi connectivity index (χ1n) is 8.08. The molecule has 1 heterocycles. The van der Waals surface area contributed by atoms with Crippen LogP contribution in [-0.2, 0) is 6.42 Å². The fraction of sp³-hybridized carbons (Fsp3) is 0.750. The Balaban J connectivity index is 1.95. The lowest BCUT2D eigenvalue weighted by Crippen LogP contribution is -2.32. The van der Waals surface area contributed by atoms with Crippen LogP contribution in [0.4, 0.5) is 5.82 Å². The lowest BCUT2D eigenvalue weighted by Gasteiger charge is -2.41.